The molecule has 0 saturated carbocycles. The third-order valence-corrected chi connectivity index (χ3v) is 5.12. The van der Waals surface area contributed by atoms with Crippen LogP contribution in [0.1, 0.15) is 30.6 Å². The van der Waals surface area contributed by atoms with Gasteiger partial charge >= 0.3 is 0 Å². The van der Waals surface area contributed by atoms with Crippen LogP contribution in [0.5, 0.6) is 0 Å². The van der Waals surface area contributed by atoms with Crippen LogP contribution in [0.3, 0.4) is 0 Å². The Hall–Kier alpha value is -3.15. The monoisotopic (exact) mass is 393 g/mol. The number of carbonyl (C=O) groups excluding carboxylic acids is 3. The Bertz CT molecular complexity index is 863. The van der Waals surface area contributed by atoms with Gasteiger partial charge in [0.25, 0.3) is 5.91 Å². The van der Waals surface area contributed by atoms with E-state index in [1.165, 1.54) is 0 Å². The van der Waals surface area contributed by atoms with E-state index in [-0.39, 0.29) is 36.1 Å². The summed E-state index contributed by atoms with van der Waals surface area (Å²) in [6.07, 6.45) is 0.254. The van der Waals surface area contributed by atoms with Gasteiger partial charge in [-0.3, -0.25) is 14.4 Å². The highest BCUT2D eigenvalue weighted by molar-refractivity contribution is 5.94. The second kappa shape index (κ2) is 9.37. The highest BCUT2D eigenvalue weighted by Crippen LogP contribution is 2.20. The van der Waals surface area contributed by atoms with Gasteiger partial charge in [-0.05, 0) is 37.1 Å². The molecule has 1 unspecified atom stereocenters. The van der Waals surface area contributed by atoms with Gasteiger partial charge in [0.2, 0.25) is 11.8 Å². The summed E-state index contributed by atoms with van der Waals surface area (Å²) in [5, 5.41) is 5.62. The molecule has 1 saturated heterocycles. The van der Waals surface area contributed by atoms with Crippen molar-refractivity contribution in [3.05, 3.63) is 60.2 Å². The second-order valence-electron chi connectivity index (χ2n) is 7.53. The lowest BCUT2D eigenvalue weighted by Crippen LogP contribution is -2.39. The van der Waals surface area contributed by atoms with Crippen molar-refractivity contribution in [1.82, 2.24) is 15.5 Å². The van der Waals surface area contributed by atoms with Crippen LogP contribution in [0, 0.1) is 5.92 Å². The van der Waals surface area contributed by atoms with Crippen molar-refractivity contribution in [3.63, 3.8) is 0 Å². The quantitative estimate of drug-likeness (QED) is 0.710. The van der Waals surface area contributed by atoms with Gasteiger partial charge < -0.3 is 15.5 Å². The molecule has 1 atom stereocenters. The fourth-order valence-electron chi connectivity index (χ4n) is 3.46. The third kappa shape index (κ3) is 5.22. The topological polar surface area (TPSA) is 78.5 Å². The lowest BCUT2D eigenvalue weighted by Gasteiger charge is -2.20. The van der Waals surface area contributed by atoms with Crippen LogP contribution in [0.25, 0.3) is 11.1 Å². The van der Waals surface area contributed by atoms with Crippen molar-refractivity contribution < 1.29 is 14.4 Å². The molecule has 1 aliphatic heterocycles. The Morgan fingerprint density at radius 3 is 2.21 bits per heavy atom. The van der Waals surface area contributed by atoms with Gasteiger partial charge in [0.05, 0.1) is 5.92 Å². The summed E-state index contributed by atoms with van der Waals surface area (Å²) < 4.78 is 0. The fourth-order valence-corrected chi connectivity index (χ4v) is 3.46. The van der Waals surface area contributed by atoms with E-state index in [0.717, 1.165) is 11.1 Å². The van der Waals surface area contributed by atoms with Crippen molar-refractivity contribution in [2.24, 2.45) is 5.92 Å². The van der Waals surface area contributed by atoms with Crippen molar-refractivity contribution >= 4 is 17.7 Å². The second-order valence-corrected chi connectivity index (χ2v) is 7.53. The van der Waals surface area contributed by atoms with Crippen LogP contribution in [0.2, 0.25) is 0 Å². The molecule has 0 aliphatic carbocycles. The van der Waals surface area contributed by atoms with E-state index >= 15 is 0 Å². The Morgan fingerprint density at radius 1 is 0.966 bits per heavy atom. The van der Waals surface area contributed by atoms with Crippen LogP contribution in [-0.2, 0) is 9.59 Å². The molecule has 0 aromatic heterocycles. The number of carbonyl (C=O) groups is 3. The Kier molecular flexibility index (Phi) is 6.65. The van der Waals surface area contributed by atoms with Crippen LogP contribution < -0.4 is 10.6 Å². The Balaban J connectivity index is 1.42. The standard InChI is InChI=1S/C23H27N3O3/c1-16(2)26-15-20(14-21(26)27)23(29)25-13-12-24-22(28)19-10-8-18(9-11-19)17-6-4-3-5-7-17/h3-11,16,20H,12-15H2,1-2H3,(H,24,28)(H,25,29). The smallest absolute Gasteiger partial charge is 0.251 e. The van der Waals surface area contributed by atoms with Gasteiger partial charge in [0.1, 0.15) is 0 Å². The number of benzene rings is 2. The van der Waals surface area contributed by atoms with Crippen molar-refractivity contribution in [3.8, 4) is 11.1 Å². The van der Waals surface area contributed by atoms with E-state index in [1.807, 2.05) is 56.3 Å². The summed E-state index contributed by atoms with van der Waals surface area (Å²) in [5.41, 5.74) is 2.73. The number of nitrogens with zero attached hydrogens (tertiary/aromatic N) is 1. The molecular weight excluding hydrogens is 366 g/mol. The summed E-state index contributed by atoms with van der Waals surface area (Å²) in [6.45, 7) is 5.02. The zero-order valence-electron chi connectivity index (χ0n) is 16.9. The molecule has 3 amide bonds. The predicted molar refractivity (Wildman–Crippen MR) is 112 cm³/mol. The average Bonchev–Trinajstić information content (AvgIpc) is 3.14. The third-order valence-electron chi connectivity index (χ3n) is 5.12. The summed E-state index contributed by atoms with van der Waals surface area (Å²) in [6, 6.07) is 17.5. The molecule has 6 heteroatoms. The van der Waals surface area contributed by atoms with E-state index < -0.39 is 0 Å². The first kappa shape index (κ1) is 20.6. The minimum atomic E-state index is -0.314. The number of amides is 3. The van der Waals surface area contributed by atoms with E-state index in [0.29, 0.717) is 25.2 Å². The molecule has 2 aromatic rings. The highest BCUT2D eigenvalue weighted by Gasteiger charge is 2.35. The zero-order valence-corrected chi connectivity index (χ0v) is 16.9. The number of nitrogens with one attached hydrogen (secondary N) is 2. The summed E-state index contributed by atoms with van der Waals surface area (Å²) >= 11 is 0. The van der Waals surface area contributed by atoms with Crippen molar-refractivity contribution in [2.75, 3.05) is 19.6 Å². The summed E-state index contributed by atoms with van der Waals surface area (Å²) in [5.74, 6) is -0.609. The predicted octanol–water partition coefficient (Wildman–Crippen LogP) is 2.46. The minimum absolute atomic E-state index is 0.0207. The molecule has 2 aromatic carbocycles. The molecule has 1 heterocycles. The number of likely N-dealkylation sites (tertiary alicyclic amines) is 1. The molecule has 2 N–H and O–H groups in total. The summed E-state index contributed by atoms with van der Waals surface area (Å²) in [7, 11) is 0. The number of rotatable bonds is 7. The Morgan fingerprint density at radius 2 is 1.59 bits per heavy atom. The van der Waals surface area contributed by atoms with Gasteiger partial charge in [0, 0.05) is 37.7 Å². The molecule has 0 bridgehead atoms. The van der Waals surface area contributed by atoms with Crippen LogP contribution in [-0.4, -0.2) is 48.3 Å². The molecule has 1 aliphatic rings. The molecule has 0 radical (unpaired) electrons. The zero-order chi connectivity index (χ0) is 20.8. The van der Waals surface area contributed by atoms with Gasteiger partial charge in [0.15, 0.2) is 0 Å². The van der Waals surface area contributed by atoms with Gasteiger partial charge in [-0.2, -0.15) is 0 Å². The van der Waals surface area contributed by atoms with Gasteiger partial charge in [-0.1, -0.05) is 42.5 Å². The van der Waals surface area contributed by atoms with Crippen molar-refractivity contribution in [1.29, 1.82) is 0 Å². The molecule has 1 fully saturated rings. The molecule has 0 spiro atoms. The molecule has 3 rings (SSSR count). The lowest BCUT2D eigenvalue weighted by molar-refractivity contribution is -0.129. The average molecular weight is 393 g/mol. The maximum Gasteiger partial charge on any atom is 0.251 e. The van der Waals surface area contributed by atoms with Crippen LogP contribution in [0.4, 0.5) is 0 Å². The molecule has 152 valence electrons. The van der Waals surface area contributed by atoms with E-state index in [2.05, 4.69) is 10.6 Å². The van der Waals surface area contributed by atoms with Gasteiger partial charge in [-0.15, -0.1) is 0 Å². The van der Waals surface area contributed by atoms with E-state index in [9.17, 15) is 14.4 Å². The Labute approximate surface area is 171 Å². The maximum absolute atomic E-state index is 12.3. The molecular formula is C23H27N3O3. The first-order chi connectivity index (χ1) is 14.0. The SMILES string of the molecule is CC(C)N1CC(C(=O)NCCNC(=O)c2ccc(-c3ccccc3)cc2)CC1=O. The van der Waals surface area contributed by atoms with Crippen LogP contribution >= 0.6 is 0 Å². The summed E-state index contributed by atoms with van der Waals surface area (Å²) in [4.78, 5) is 38.2. The number of hydrogen-bond acceptors (Lipinski definition) is 3. The minimum Gasteiger partial charge on any atom is -0.354 e. The lowest BCUT2D eigenvalue weighted by atomic mass is 10.0. The first-order valence-electron chi connectivity index (χ1n) is 9.96. The first-order valence-corrected chi connectivity index (χ1v) is 9.96. The normalized spacial score (nSPS) is 16.2. The van der Waals surface area contributed by atoms with Crippen molar-refractivity contribution in [2.45, 2.75) is 26.3 Å². The van der Waals surface area contributed by atoms with E-state index in [1.54, 1.807) is 17.0 Å². The molecule has 6 nitrogen and oxygen atoms in total. The van der Waals surface area contributed by atoms with Crippen LogP contribution in [0.15, 0.2) is 54.6 Å². The number of hydrogen-bond donors (Lipinski definition) is 2. The van der Waals surface area contributed by atoms with E-state index in [4.69, 9.17) is 0 Å². The highest BCUT2D eigenvalue weighted by atomic mass is 16.2. The van der Waals surface area contributed by atoms with Gasteiger partial charge in [-0.25, -0.2) is 0 Å². The largest absolute Gasteiger partial charge is 0.354 e. The fraction of sp³-hybridized carbons (Fsp3) is 0.348. The molecule has 29 heavy (non-hydrogen) atoms. The maximum atomic E-state index is 12.3.